The highest BCUT2D eigenvalue weighted by atomic mass is 35.5. The molecule has 146 valence electrons. The van der Waals surface area contributed by atoms with Gasteiger partial charge in [-0.25, -0.2) is 5.43 Å². The van der Waals surface area contributed by atoms with Gasteiger partial charge in [0.05, 0.1) is 16.8 Å². The molecule has 0 aromatic heterocycles. The van der Waals surface area contributed by atoms with Crippen molar-refractivity contribution in [3.05, 3.63) is 52.5 Å². The highest BCUT2D eigenvalue weighted by Crippen LogP contribution is 2.36. The third-order valence-corrected chi connectivity index (χ3v) is 3.84. The Morgan fingerprint density at radius 1 is 1.07 bits per heavy atom. The van der Waals surface area contributed by atoms with E-state index in [9.17, 15) is 22.8 Å². The van der Waals surface area contributed by atoms with Crippen molar-refractivity contribution in [2.75, 3.05) is 12.1 Å². The van der Waals surface area contributed by atoms with Crippen LogP contribution in [0.15, 0.2) is 41.5 Å². The summed E-state index contributed by atoms with van der Waals surface area (Å²) in [5.74, 6) is -1.28. The minimum absolute atomic E-state index is 0.105. The van der Waals surface area contributed by atoms with E-state index < -0.39 is 28.6 Å². The summed E-state index contributed by atoms with van der Waals surface area (Å²) in [6, 6.07) is 7.65. The van der Waals surface area contributed by atoms with E-state index in [-0.39, 0.29) is 12.5 Å². The number of hydrogen-bond acceptors (Lipinski definition) is 5. The molecule has 0 bridgehead atoms. The van der Waals surface area contributed by atoms with Gasteiger partial charge in [-0.1, -0.05) is 11.6 Å². The van der Waals surface area contributed by atoms with Crippen LogP contribution in [0.4, 0.5) is 18.9 Å². The van der Waals surface area contributed by atoms with Gasteiger partial charge in [0, 0.05) is 5.69 Å². The van der Waals surface area contributed by atoms with Crippen molar-refractivity contribution in [3.8, 4) is 11.5 Å². The average molecular weight is 414 g/mol. The molecule has 0 saturated carbocycles. The second-order valence-corrected chi connectivity index (χ2v) is 5.87. The highest BCUT2D eigenvalue weighted by molar-refractivity contribution is 6.39. The number of carbonyl (C=O) groups is 2. The fraction of sp³-hybridized carbons (Fsp3) is 0.118. The van der Waals surface area contributed by atoms with Crippen LogP contribution in [0.2, 0.25) is 5.02 Å². The minimum Gasteiger partial charge on any atom is -0.454 e. The first-order valence-corrected chi connectivity index (χ1v) is 8.02. The summed E-state index contributed by atoms with van der Waals surface area (Å²) in [5, 5.41) is 5.14. The Bertz CT molecular complexity index is 963. The number of benzene rings is 2. The molecule has 0 saturated heterocycles. The Labute approximate surface area is 161 Å². The van der Waals surface area contributed by atoms with Crippen molar-refractivity contribution in [3.63, 3.8) is 0 Å². The van der Waals surface area contributed by atoms with Crippen LogP contribution in [0, 0.1) is 0 Å². The molecule has 1 heterocycles. The van der Waals surface area contributed by atoms with Gasteiger partial charge in [0.25, 0.3) is 0 Å². The molecule has 0 unspecified atom stereocenters. The number of anilines is 1. The molecule has 0 atom stereocenters. The lowest BCUT2D eigenvalue weighted by Crippen LogP contribution is -2.32. The second kappa shape index (κ2) is 7.77. The van der Waals surface area contributed by atoms with Gasteiger partial charge in [0.2, 0.25) is 6.79 Å². The molecule has 1 aliphatic rings. The lowest BCUT2D eigenvalue weighted by atomic mass is 10.2. The number of hydrogen-bond donors (Lipinski definition) is 2. The normalized spacial score (nSPS) is 12.9. The van der Waals surface area contributed by atoms with Crippen molar-refractivity contribution < 1.29 is 32.2 Å². The van der Waals surface area contributed by atoms with Gasteiger partial charge in [-0.05, 0) is 42.0 Å². The fourth-order valence-electron chi connectivity index (χ4n) is 2.22. The Morgan fingerprint density at radius 2 is 1.82 bits per heavy atom. The number of halogens is 4. The first-order chi connectivity index (χ1) is 13.2. The first kappa shape index (κ1) is 19.5. The Morgan fingerprint density at radius 3 is 2.57 bits per heavy atom. The number of alkyl halides is 3. The quantitative estimate of drug-likeness (QED) is 0.459. The number of hydrazone groups is 1. The van der Waals surface area contributed by atoms with Crippen LogP contribution in [0.3, 0.4) is 0 Å². The van der Waals surface area contributed by atoms with E-state index in [0.717, 1.165) is 12.1 Å². The fourth-order valence-corrected chi connectivity index (χ4v) is 2.44. The smallest absolute Gasteiger partial charge is 0.417 e. The van der Waals surface area contributed by atoms with Crippen molar-refractivity contribution in [1.29, 1.82) is 0 Å². The lowest BCUT2D eigenvalue weighted by Gasteiger charge is -2.11. The summed E-state index contributed by atoms with van der Waals surface area (Å²) in [7, 11) is 0. The maximum absolute atomic E-state index is 12.8. The number of carbonyl (C=O) groups excluding carboxylic acids is 2. The van der Waals surface area contributed by atoms with E-state index in [2.05, 4.69) is 5.10 Å². The van der Waals surface area contributed by atoms with Crippen LogP contribution in [0.1, 0.15) is 11.1 Å². The summed E-state index contributed by atoms with van der Waals surface area (Å²) >= 11 is 5.49. The Hall–Kier alpha value is -3.27. The van der Waals surface area contributed by atoms with Gasteiger partial charge >= 0.3 is 18.0 Å². The SMILES string of the molecule is O=C(N/N=C/c1ccc2c(c1)OCO2)C(=O)Nc1ccc(Cl)c(C(F)(F)F)c1. The van der Waals surface area contributed by atoms with Gasteiger partial charge in [-0.3, -0.25) is 9.59 Å². The van der Waals surface area contributed by atoms with E-state index in [1.807, 2.05) is 10.7 Å². The first-order valence-electron chi connectivity index (χ1n) is 7.65. The molecule has 0 aliphatic carbocycles. The molecule has 2 aromatic rings. The van der Waals surface area contributed by atoms with Gasteiger partial charge in [-0.15, -0.1) is 0 Å². The lowest BCUT2D eigenvalue weighted by molar-refractivity contribution is -0.137. The molecule has 28 heavy (non-hydrogen) atoms. The summed E-state index contributed by atoms with van der Waals surface area (Å²) in [5.41, 5.74) is 1.17. The molecule has 0 fully saturated rings. The molecule has 2 amide bonds. The highest BCUT2D eigenvalue weighted by Gasteiger charge is 2.33. The zero-order chi connectivity index (χ0) is 20.3. The van der Waals surface area contributed by atoms with Gasteiger partial charge in [0.15, 0.2) is 11.5 Å². The zero-order valence-corrected chi connectivity index (χ0v) is 14.6. The minimum atomic E-state index is -4.70. The molecule has 2 N–H and O–H groups in total. The number of ether oxygens (including phenoxy) is 2. The van der Waals surface area contributed by atoms with E-state index in [4.69, 9.17) is 21.1 Å². The molecule has 7 nitrogen and oxygen atoms in total. The number of rotatable bonds is 3. The molecule has 1 aliphatic heterocycles. The molecule has 0 spiro atoms. The Balaban J connectivity index is 1.60. The summed E-state index contributed by atoms with van der Waals surface area (Å²) in [4.78, 5) is 23.5. The third-order valence-electron chi connectivity index (χ3n) is 3.51. The molecule has 11 heteroatoms. The van der Waals surface area contributed by atoms with Gasteiger partial charge < -0.3 is 14.8 Å². The van der Waals surface area contributed by atoms with Crippen LogP contribution in [-0.4, -0.2) is 24.8 Å². The van der Waals surface area contributed by atoms with Crippen molar-refractivity contribution in [2.45, 2.75) is 6.18 Å². The van der Waals surface area contributed by atoms with Crippen LogP contribution in [-0.2, 0) is 15.8 Å². The zero-order valence-electron chi connectivity index (χ0n) is 13.8. The Kier molecular flexibility index (Phi) is 5.41. The molecule has 3 rings (SSSR count). The topological polar surface area (TPSA) is 89.0 Å². The standard InChI is InChI=1S/C17H11ClF3N3O4/c18-12-3-2-10(6-11(12)17(19,20)21)23-15(25)16(26)24-22-7-9-1-4-13-14(5-9)28-8-27-13/h1-7H,8H2,(H,23,25)(H,24,26)/b22-7+. The van der Waals surface area contributed by atoms with Crippen molar-refractivity contribution >= 4 is 35.3 Å². The number of nitrogens with zero attached hydrogens (tertiary/aromatic N) is 1. The van der Waals surface area contributed by atoms with Crippen LogP contribution in [0.25, 0.3) is 0 Å². The predicted molar refractivity (Wildman–Crippen MR) is 93.4 cm³/mol. The summed E-state index contributed by atoms with van der Waals surface area (Å²) < 4.78 is 48.8. The third kappa shape index (κ3) is 4.52. The van der Waals surface area contributed by atoms with Crippen molar-refractivity contribution in [1.82, 2.24) is 5.43 Å². The summed E-state index contributed by atoms with van der Waals surface area (Å²) in [6.45, 7) is 0.105. The van der Waals surface area contributed by atoms with Crippen LogP contribution >= 0.6 is 11.6 Å². The maximum Gasteiger partial charge on any atom is 0.417 e. The second-order valence-electron chi connectivity index (χ2n) is 5.46. The van der Waals surface area contributed by atoms with Gasteiger partial charge in [-0.2, -0.15) is 18.3 Å². The molecule has 0 radical (unpaired) electrons. The number of nitrogens with one attached hydrogen (secondary N) is 2. The largest absolute Gasteiger partial charge is 0.454 e. The van der Waals surface area contributed by atoms with E-state index in [1.54, 1.807) is 18.2 Å². The number of amides is 2. The maximum atomic E-state index is 12.8. The molecular weight excluding hydrogens is 403 g/mol. The van der Waals surface area contributed by atoms with E-state index >= 15 is 0 Å². The van der Waals surface area contributed by atoms with Crippen molar-refractivity contribution in [2.24, 2.45) is 5.10 Å². The van der Waals surface area contributed by atoms with E-state index in [0.29, 0.717) is 23.1 Å². The summed E-state index contributed by atoms with van der Waals surface area (Å²) in [6.07, 6.45) is -3.44. The predicted octanol–water partition coefficient (Wildman–Crippen LogP) is 3.18. The van der Waals surface area contributed by atoms with Crippen LogP contribution < -0.4 is 20.2 Å². The number of fused-ring (bicyclic) bond motifs is 1. The molecular formula is C17H11ClF3N3O4. The van der Waals surface area contributed by atoms with E-state index in [1.165, 1.54) is 6.21 Å². The average Bonchev–Trinajstić information content (AvgIpc) is 3.10. The monoisotopic (exact) mass is 413 g/mol. The van der Waals surface area contributed by atoms with Crippen LogP contribution in [0.5, 0.6) is 11.5 Å². The molecule has 2 aromatic carbocycles. The van der Waals surface area contributed by atoms with Gasteiger partial charge in [0.1, 0.15) is 0 Å².